The van der Waals surface area contributed by atoms with E-state index in [1.165, 1.54) is 0 Å². The molecule has 0 spiro atoms. The molecule has 2 fully saturated rings. The van der Waals surface area contributed by atoms with Crippen molar-refractivity contribution in [2.24, 2.45) is 5.92 Å². The second kappa shape index (κ2) is 6.07. The Balaban J connectivity index is 1.65. The summed E-state index contributed by atoms with van der Waals surface area (Å²) in [5, 5.41) is 9.58. The van der Waals surface area contributed by atoms with Crippen LogP contribution in [0.2, 0.25) is 0 Å². The maximum absolute atomic E-state index is 13.1. The van der Waals surface area contributed by atoms with Gasteiger partial charge in [-0.1, -0.05) is 12.8 Å². The van der Waals surface area contributed by atoms with E-state index in [-0.39, 0.29) is 11.9 Å². The molecule has 1 aromatic rings. The molecule has 0 bridgehead atoms. The molecule has 24 heavy (non-hydrogen) atoms. The van der Waals surface area contributed by atoms with Gasteiger partial charge >= 0.3 is 5.97 Å². The van der Waals surface area contributed by atoms with Crippen LogP contribution in [0.3, 0.4) is 0 Å². The second-order valence-corrected chi connectivity index (χ2v) is 7.04. The van der Waals surface area contributed by atoms with Gasteiger partial charge in [0.25, 0.3) is 5.91 Å². The van der Waals surface area contributed by atoms with Crippen molar-refractivity contribution in [1.29, 1.82) is 0 Å². The Labute approximate surface area is 140 Å². The van der Waals surface area contributed by atoms with Crippen molar-refractivity contribution in [3.05, 3.63) is 23.5 Å². The molecule has 1 saturated carbocycles. The van der Waals surface area contributed by atoms with Gasteiger partial charge in [-0.05, 0) is 49.7 Å². The summed E-state index contributed by atoms with van der Waals surface area (Å²) in [6.45, 7) is 0.680. The number of aliphatic carboxylic acids is 1. The third-order valence-corrected chi connectivity index (χ3v) is 5.62. The number of carbonyl (C=O) groups is 2. The van der Waals surface area contributed by atoms with Crippen LogP contribution in [0.25, 0.3) is 0 Å². The summed E-state index contributed by atoms with van der Waals surface area (Å²) in [6, 6.07) is 1.10. The van der Waals surface area contributed by atoms with Crippen molar-refractivity contribution in [3.63, 3.8) is 0 Å². The molecule has 3 unspecified atom stereocenters. The first-order chi connectivity index (χ1) is 11.6. The fraction of sp³-hybridized carbons (Fsp3) is 0.611. The van der Waals surface area contributed by atoms with E-state index in [0.29, 0.717) is 24.6 Å². The van der Waals surface area contributed by atoms with E-state index in [4.69, 9.17) is 4.74 Å². The molecular weight excluding hydrogens is 308 g/mol. The Morgan fingerprint density at radius 3 is 2.92 bits per heavy atom. The predicted octanol–water partition coefficient (Wildman–Crippen LogP) is 2.26. The van der Waals surface area contributed by atoms with E-state index >= 15 is 0 Å². The number of carbonyl (C=O) groups excluding carboxylic acids is 1. The van der Waals surface area contributed by atoms with Gasteiger partial charge < -0.3 is 14.7 Å². The van der Waals surface area contributed by atoms with E-state index in [1.807, 2.05) is 0 Å². The Kier molecular flexibility index (Phi) is 3.90. The lowest BCUT2D eigenvalue weighted by molar-refractivity contribution is -0.141. The number of aromatic nitrogens is 1. The first-order valence-electron chi connectivity index (χ1n) is 8.82. The third kappa shape index (κ3) is 2.54. The summed E-state index contributed by atoms with van der Waals surface area (Å²) in [7, 11) is 0. The van der Waals surface area contributed by atoms with Gasteiger partial charge in [0.1, 0.15) is 17.5 Å². The largest absolute Gasteiger partial charge is 0.492 e. The summed E-state index contributed by atoms with van der Waals surface area (Å²) in [5.74, 6) is -0.0986. The Morgan fingerprint density at radius 2 is 2.08 bits per heavy atom. The maximum atomic E-state index is 13.1. The Hall–Kier alpha value is -2.11. The normalized spacial score (nSPS) is 28.7. The standard InChI is InChI=1S/C18H22N2O4/c21-17(13-8-12-5-3-7-24-16(12)10-19-13)20-14-6-2-1-4-11(14)9-15(20)18(22)23/h8,10-11,14-15H,1-7,9H2,(H,22,23). The minimum atomic E-state index is -0.904. The monoisotopic (exact) mass is 330 g/mol. The van der Waals surface area contributed by atoms with Gasteiger partial charge in [-0.3, -0.25) is 4.79 Å². The molecule has 3 atom stereocenters. The number of hydrogen-bond acceptors (Lipinski definition) is 4. The number of pyridine rings is 1. The van der Waals surface area contributed by atoms with Crippen LogP contribution in [-0.4, -0.2) is 45.6 Å². The molecule has 1 aromatic heterocycles. The number of carboxylic acids is 1. The number of nitrogens with zero attached hydrogens (tertiary/aromatic N) is 2. The molecule has 1 N–H and O–H groups in total. The fourth-order valence-electron chi connectivity index (χ4n) is 4.48. The molecular formula is C18H22N2O4. The number of fused-ring (bicyclic) bond motifs is 2. The molecule has 1 saturated heterocycles. The fourth-order valence-corrected chi connectivity index (χ4v) is 4.48. The number of aryl methyl sites for hydroxylation is 1. The van der Waals surface area contributed by atoms with Crippen LogP contribution < -0.4 is 4.74 Å². The second-order valence-electron chi connectivity index (χ2n) is 7.04. The van der Waals surface area contributed by atoms with E-state index in [1.54, 1.807) is 17.2 Å². The minimum absolute atomic E-state index is 0.0430. The highest BCUT2D eigenvalue weighted by atomic mass is 16.5. The molecule has 0 radical (unpaired) electrons. The Bertz CT molecular complexity index is 675. The first-order valence-corrected chi connectivity index (χ1v) is 8.82. The Morgan fingerprint density at radius 1 is 1.25 bits per heavy atom. The van der Waals surface area contributed by atoms with Gasteiger partial charge in [0, 0.05) is 6.04 Å². The van der Waals surface area contributed by atoms with Gasteiger partial charge in [0.15, 0.2) is 0 Å². The average Bonchev–Trinajstić information content (AvgIpc) is 3.00. The smallest absolute Gasteiger partial charge is 0.326 e. The van der Waals surface area contributed by atoms with Crippen LogP contribution in [-0.2, 0) is 11.2 Å². The van der Waals surface area contributed by atoms with Crippen molar-refractivity contribution in [3.8, 4) is 5.75 Å². The maximum Gasteiger partial charge on any atom is 0.326 e. The van der Waals surface area contributed by atoms with E-state index in [9.17, 15) is 14.7 Å². The van der Waals surface area contributed by atoms with E-state index < -0.39 is 12.0 Å². The zero-order valence-corrected chi connectivity index (χ0v) is 13.6. The molecule has 4 rings (SSSR count). The van der Waals surface area contributed by atoms with Gasteiger partial charge in [-0.2, -0.15) is 0 Å². The molecule has 3 heterocycles. The topological polar surface area (TPSA) is 79.7 Å². The van der Waals surface area contributed by atoms with Crippen molar-refractivity contribution in [2.75, 3.05) is 6.61 Å². The van der Waals surface area contributed by atoms with E-state index in [2.05, 4.69) is 4.98 Å². The van der Waals surface area contributed by atoms with Crippen LogP contribution in [0.1, 0.15) is 54.6 Å². The highest BCUT2D eigenvalue weighted by molar-refractivity contribution is 5.96. The SMILES string of the molecule is O=C(O)C1CC2CCCCC2N1C(=O)c1cc2c(cn1)OCCC2. The van der Waals surface area contributed by atoms with Gasteiger partial charge in [0.2, 0.25) is 0 Å². The summed E-state index contributed by atoms with van der Waals surface area (Å²) >= 11 is 0. The lowest BCUT2D eigenvalue weighted by Crippen LogP contribution is -2.46. The molecule has 6 heteroatoms. The average molecular weight is 330 g/mol. The zero-order valence-electron chi connectivity index (χ0n) is 13.6. The number of hydrogen-bond donors (Lipinski definition) is 1. The zero-order chi connectivity index (χ0) is 16.7. The molecule has 128 valence electrons. The predicted molar refractivity (Wildman–Crippen MR) is 86.0 cm³/mol. The summed E-state index contributed by atoms with van der Waals surface area (Å²) < 4.78 is 5.55. The summed E-state index contributed by atoms with van der Waals surface area (Å²) in [6.07, 6.45) is 8.07. The van der Waals surface area contributed by atoms with Crippen molar-refractivity contribution >= 4 is 11.9 Å². The summed E-state index contributed by atoms with van der Waals surface area (Å²) in [5.41, 5.74) is 1.34. The van der Waals surface area contributed by atoms with Crippen molar-refractivity contribution in [1.82, 2.24) is 9.88 Å². The number of ether oxygens (including phenoxy) is 1. The number of amides is 1. The van der Waals surface area contributed by atoms with Crippen molar-refractivity contribution in [2.45, 2.75) is 57.0 Å². The van der Waals surface area contributed by atoms with Crippen LogP contribution >= 0.6 is 0 Å². The molecule has 2 aliphatic heterocycles. The van der Waals surface area contributed by atoms with Crippen LogP contribution in [0.4, 0.5) is 0 Å². The third-order valence-electron chi connectivity index (χ3n) is 5.62. The van der Waals surface area contributed by atoms with Crippen LogP contribution in [0.15, 0.2) is 12.3 Å². The first kappa shape index (κ1) is 15.4. The highest BCUT2D eigenvalue weighted by Crippen LogP contribution is 2.40. The molecule has 3 aliphatic rings. The number of carboxylic acid groups (broad SMARTS) is 1. The lowest BCUT2D eigenvalue weighted by atomic mass is 9.84. The number of rotatable bonds is 2. The van der Waals surface area contributed by atoms with Crippen LogP contribution in [0.5, 0.6) is 5.75 Å². The minimum Gasteiger partial charge on any atom is -0.492 e. The number of likely N-dealkylation sites (tertiary alicyclic amines) is 1. The lowest BCUT2D eigenvalue weighted by Gasteiger charge is -2.33. The molecule has 6 nitrogen and oxygen atoms in total. The quantitative estimate of drug-likeness (QED) is 0.900. The highest BCUT2D eigenvalue weighted by Gasteiger charge is 2.48. The molecule has 1 amide bonds. The van der Waals surface area contributed by atoms with Gasteiger partial charge in [-0.25, -0.2) is 9.78 Å². The van der Waals surface area contributed by atoms with Crippen LogP contribution in [0, 0.1) is 5.92 Å². The summed E-state index contributed by atoms with van der Waals surface area (Å²) in [4.78, 5) is 30.6. The van der Waals surface area contributed by atoms with Gasteiger partial charge in [-0.15, -0.1) is 0 Å². The molecule has 1 aliphatic carbocycles. The molecule has 0 aromatic carbocycles. The van der Waals surface area contributed by atoms with Crippen molar-refractivity contribution < 1.29 is 19.4 Å². The van der Waals surface area contributed by atoms with Gasteiger partial charge in [0.05, 0.1) is 12.8 Å². The van der Waals surface area contributed by atoms with E-state index in [0.717, 1.165) is 49.8 Å².